The van der Waals surface area contributed by atoms with Gasteiger partial charge in [-0.1, -0.05) is 41.9 Å². The van der Waals surface area contributed by atoms with E-state index in [-0.39, 0.29) is 22.0 Å². The van der Waals surface area contributed by atoms with Crippen LogP contribution in [0.3, 0.4) is 0 Å². The predicted molar refractivity (Wildman–Crippen MR) is 102 cm³/mol. The Hall–Kier alpha value is -2.38. The van der Waals surface area contributed by atoms with Gasteiger partial charge in [-0.05, 0) is 48.5 Å². The van der Waals surface area contributed by atoms with Crippen LogP contribution in [0.2, 0.25) is 5.02 Å². The molecule has 0 aromatic heterocycles. The van der Waals surface area contributed by atoms with Crippen molar-refractivity contribution in [3.05, 3.63) is 75.8 Å². The maximum atomic E-state index is 13.5. The lowest BCUT2D eigenvalue weighted by Crippen LogP contribution is -2.45. The maximum Gasteiger partial charge on any atom is 0.416 e. The van der Waals surface area contributed by atoms with Gasteiger partial charge in [0.05, 0.1) is 17.3 Å². The fourth-order valence-corrected chi connectivity index (χ4v) is 3.37. The molecule has 1 atom stereocenters. The van der Waals surface area contributed by atoms with Gasteiger partial charge in [0.1, 0.15) is 0 Å². The number of carbonyl (C=O) groups excluding carboxylic acids is 1. The molecule has 0 radical (unpaired) electrons. The molecule has 27 heavy (non-hydrogen) atoms. The van der Waals surface area contributed by atoms with Gasteiger partial charge in [0, 0.05) is 10.6 Å². The third-order valence-electron chi connectivity index (χ3n) is 4.16. The highest BCUT2D eigenvalue weighted by molar-refractivity contribution is 7.80. The minimum Gasteiger partial charge on any atom is -0.351 e. The van der Waals surface area contributed by atoms with Gasteiger partial charge < -0.3 is 10.6 Å². The van der Waals surface area contributed by atoms with Crippen LogP contribution in [0, 0.1) is 0 Å². The smallest absolute Gasteiger partial charge is 0.351 e. The number of alkyl halides is 3. The molecule has 8 heteroatoms. The summed E-state index contributed by atoms with van der Waals surface area (Å²) in [6.07, 6.45) is -4.56. The van der Waals surface area contributed by atoms with E-state index in [0.29, 0.717) is 16.3 Å². The molecular formula is C19H14ClF3N2OS. The van der Waals surface area contributed by atoms with Gasteiger partial charge in [-0.15, -0.1) is 0 Å². The number of nitrogens with one attached hydrogen (secondary N) is 2. The monoisotopic (exact) mass is 410 g/mol. The molecule has 3 nitrogen and oxygen atoms in total. The van der Waals surface area contributed by atoms with Crippen LogP contribution in [0.25, 0.3) is 5.70 Å². The SMILES string of the molecule is CC(=O)C1=C(c2ccc(Cl)cc2)NC(=S)N[C@H]1c1ccccc1C(F)(F)F. The molecule has 2 aromatic rings. The number of Topliss-reactive ketones (excluding diaryl/α,β-unsaturated/α-hetero) is 1. The first-order valence-electron chi connectivity index (χ1n) is 7.93. The molecule has 140 valence electrons. The van der Waals surface area contributed by atoms with Gasteiger partial charge in [0.2, 0.25) is 0 Å². The Bertz CT molecular complexity index is 939. The van der Waals surface area contributed by atoms with E-state index in [1.54, 1.807) is 24.3 Å². The highest BCUT2D eigenvalue weighted by Crippen LogP contribution is 2.39. The maximum absolute atomic E-state index is 13.5. The number of benzene rings is 2. The number of rotatable bonds is 3. The second-order valence-electron chi connectivity index (χ2n) is 5.97. The number of halogens is 4. The molecule has 1 aliphatic heterocycles. The second kappa shape index (κ2) is 7.32. The van der Waals surface area contributed by atoms with Gasteiger partial charge in [-0.25, -0.2) is 0 Å². The highest BCUT2D eigenvalue weighted by Gasteiger charge is 2.38. The molecule has 0 fully saturated rings. The Morgan fingerprint density at radius 1 is 1.11 bits per heavy atom. The van der Waals surface area contributed by atoms with Crippen LogP contribution in [-0.2, 0) is 11.0 Å². The Kier molecular flexibility index (Phi) is 5.26. The van der Waals surface area contributed by atoms with Gasteiger partial charge in [-0.2, -0.15) is 13.2 Å². The van der Waals surface area contributed by atoms with Crippen molar-refractivity contribution in [2.24, 2.45) is 0 Å². The normalized spacial score (nSPS) is 17.4. The van der Waals surface area contributed by atoms with Crippen LogP contribution in [0.1, 0.15) is 29.7 Å². The Morgan fingerprint density at radius 2 is 1.74 bits per heavy atom. The summed E-state index contributed by atoms with van der Waals surface area (Å²) in [7, 11) is 0. The first kappa shape index (κ1) is 19.4. The lowest BCUT2D eigenvalue weighted by molar-refractivity contribution is -0.138. The summed E-state index contributed by atoms with van der Waals surface area (Å²) in [5.74, 6) is -0.371. The van der Waals surface area contributed by atoms with Crippen molar-refractivity contribution in [1.82, 2.24) is 10.6 Å². The third kappa shape index (κ3) is 3.99. The van der Waals surface area contributed by atoms with E-state index in [1.165, 1.54) is 25.1 Å². The van der Waals surface area contributed by atoms with Crippen molar-refractivity contribution in [2.75, 3.05) is 0 Å². The van der Waals surface area contributed by atoms with Crippen molar-refractivity contribution in [3.63, 3.8) is 0 Å². The van der Waals surface area contributed by atoms with Crippen molar-refractivity contribution in [3.8, 4) is 0 Å². The van der Waals surface area contributed by atoms with Gasteiger partial charge in [0.15, 0.2) is 10.9 Å². The van der Waals surface area contributed by atoms with Crippen LogP contribution in [0.15, 0.2) is 54.1 Å². The molecule has 0 aliphatic carbocycles. The molecular weight excluding hydrogens is 397 g/mol. The molecule has 1 heterocycles. The minimum atomic E-state index is -4.56. The van der Waals surface area contributed by atoms with Crippen molar-refractivity contribution >= 4 is 40.4 Å². The molecule has 1 aliphatic rings. The minimum absolute atomic E-state index is 0.0643. The van der Waals surface area contributed by atoms with E-state index in [2.05, 4.69) is 10.6 Å². The summed E-state index contributed by atoms with van der Waals surface area (Å²) in [5, 5.41) is 6.33. The summed E-state index contributed by atoms with van der Waals surface area (Å²) in [6, 6.07) is 10.7. The van der Waals surface area contributed by atoms with E-state index in [1.807, 2.05) is 0 Å². The molecule has 2 aromatic carbocycles. The Labute approximate surface area is 164 Å². The summed E-state index contributed by atoms with van der Waals surface area (Å²) in [4.78, 5) is 12.4. The fourth-order valence-electron chi connectivity index (χ4n) is 3.03. The Balaban J connectivity index is 2.24. The first-order valence-corrected chi connectivity index (χ1v) is 8.72. The van der Waals surface area contributed by atoms with Crippen LogP contribution in [0.4, 0.5) is 13.2 Å². The van der Waals surface area contributed by atoms with Crippen LogP contribution >= 0.6 is 23.8 Å². The quantitative estimate of drug-likeness (QED) is 0.708. The fraction of sp³-hybridized carbons (Fsp3) is 0.158. The summed E-state index contributed by atoms with van der Waals surface area (Å²) in [5.41, 5.74) is 0.252. The zero-order valence-electron chi connectivity index (χ0n) is 14.0. The summed E-state index contributed by atoms with van der Waals surface area (Å²) < 4.78 is 40.5. The topological polar surface area (TPSA) is 41.1 Å². The Morgan fingerprint density at radius 3 is 2.33 bits per heavy atom. The highest BCUT2D eigenvalue weighted by atomic mass is 35.5. The first-order chi connectivity index (χ1) is 12.7. The molecule has 2 N–H and O–H groups in total. The van der Waals surface area contributed by atoms with E-state index in [9.17, 15) is 18.0 Å². The molecule has 3 rings (SSSR count). The van der Waals surface area contributed by atoms with Crippen LogP contribution in [0.5, 0.6) is 0 Å². The second-order valence-corrected chi connectivity index (χ2v) is 6.81. The molecule has 0 amide bonds. The van der Waals surface area contributed by atoms with Gasteiger partial charge in [0.25, 0.3) is 0 Å². The number of ketones is 1. The molecule has 0 unspecified atom stereocenters. The van der Waals surface area contributed by atoms with Crippen LogP contribution < -0.4 is 10.6 Å². The van der Waals surface area contributed by atoms with Gasteiger partial charge >= 0.3 is 6.18 Å². The number of hydrogen-bond donors (Lipinski definition) is 2. The zero-order chi connectivity index (χ0) is 19.8. The lowest BCUT2D eigenvalue weighted by Gasteiger charge is -2.32. The third-order valence-corrected chi connectivity index (χ3v) is 4.63. The van der Waals surface area contributed by atoms with E-state index >= 15 is 0 Å². The standard InChI is InChI=1S/C19H14ClF3N2OS/c1-10(26)15-16(11-6-8-12(20)9-7-11)24-18(27)25-17(15)13-4-2-3-5-14(13)19(21,22)23/h2-9,17H,1H3,(H2,24,25,27)/t17-/m0/s1. The average molecular weight is 411 g/mol. The largest absolute Gasteiger partial charge is 0.416 e. The average Bonchev–Trinajstić information content (AvgIpc) is 2.60. The molecule has 0 bridgehead atoms. The van der Waals surface area contributed by atoms with Crippen molar-refractivity contribution in [2.45, 2.75) is 19.1 Å². The lowest BCUT2D eigenvalue weighted by atomic mass is 9.88. The zero-order valence-corrected chi connectivity index (χ0v) is 15.6. The van der Waals surface area contributed by atoms with Crippen LogP contribution in [-0.4, -0.2) is 10.9 Å². The number of thiocarbonyl (C=S) groups is 1. The molecule has 0 saturated heterocycles. The van der Waals surface area contributed by atoms with E-state index in [4.69, 9.17) is 23.8 Å². The summed E-state index contributed by atoms with van der Waals surface area (Å²) >= 11 is 11.1. The van der Waals surface area contributed by atoms with E-state index < -0.39 is 17.8 Å². The predicted octanol–water partition coefficient (Wildman–Crippen LogP) is 4.88. The van der Waals surface area contributed by atoms with Gasteiger partial charge in [-0.3, -0.25) is 4.79 Å². The number of hydrogen-bond acceptors (Lipinski definition) is 2. The van der Waals surface area contributed by atoms with Crippen molar-refractivity contribution < 1.29 is 18.0 Å². The summed E-state index contributed by atoms with van der Waals surface area (Å²) in [6.45, 7) is 1.31. The van der Waals surface area contributed by atoms with Crippen molar-refractivity contribution in [1.29, 1.82) is 0 Å². The van der Waals surface area contributed by atoms with E-state index in [0.717, 1.165) is 6.07 Å². The molecule has 0 saturated carbocycles. The molecule has 0 spiro atoms. The number of carbonyl (C=O) groups is 1.